The summed E-state index contributed by atoms with van der Waals surface area (Å²) in [7, 11) is 1.31. The highest BCUT2D eigenvalue weighted by molar-refractivity contribution is 5.92. The molecule has 8 nitrogen and oxygen atoms in total. The van der Waals surface area contributed by atoms with Crippen LogP contribution in [-0.2, 0) is 9.53 Å². The molecular weight excluding hydrogens is 328 g/mol. The van der Waals surface area contributed by atoms with Crippen molar-refractivity contribution < 1.29 is 24.0 Å². The number of amides is 1. The second-order valence-corrected chi connectivity index (χ2v) is 6.15. The van der Waals surface area contributed by atoms with Gasteiger partial charge >= 0.3 is 11.7 Å². The van der Waals surface area contributed by atoms with Crippen molar-refractivity contribution in [1.29, 1.82) is 0 Å². The SMILES string of the molecule is COc1ccc(C(=O)OCC(=O)N2[C@H](C)CCC[C@H]2C)cc1[N+](=O)[O-]. The number of carbonyl (C=O) groups is 2. The van der Waals surface area contributed by atoms with E-state index in [4.69, 9.17) is 9.47 Å². The maximum absolute atomic E-state index is 12.4. The molecule has 0 aromatic heterocycles. The van der Waals surface area contributed by atoms with Gasteiger partial charge in [-0.15, -0.1) is 0 Å². The van der Waals surface area contributed by atoms with Gasteiger partial charge in [0.1, 0.15) is 0 Å². The average molecular weight is 350 g/mol. The number of esters is 1. The average Bonchev–Trinajstić information content (AvgIpc) is 2.58. The minimum Gasteiger partial charge on any atom is -0.490 e. The van der Waals surface area contributed by atoms with Crippen molar-refractivity contribution in [1.82, 2.24) is 4.90 Å². The number of rotatable bonds is 5. The molecule has 0 radical (unpaired) electrons. The molecule has 2 atom stereocenters. The van der Waals surface area contributed by atoms with E-state index < -0.39 is 10.9 Å². The molecular formula is C17H22N2O6. The molecule has 1 aliphatic heterocycles. The molecule has 0 aliphatic carbocycles. The molecule has 1 aliphatic rings. The van der Waals surface area contributed by atoms with Crippen LogP contribution in [0, 0.1) is 10.1 Å². The van der Waals surface area contributed by atoms with Crippen molar-refractivity contribution in [2.75, 3.05) is 13.7 Å². The molecule has 8 heteroatoms. The molecule has 1 heterocycles. The summed E-state index contributed by atoms with van der Waals surface area (Å²) in [6.07, 6.45) is 2.92. The van der Waals surface area contributed by atoms with E-state index >= 15 is 0 Å². The largest absolute Gasteiger partial charge is 0.490 e. The molecule has 2 rings (SSSR count). The van der Waals surface area contributed by atoms with Crippen LogP contribution >= 0.6 is 0 Å². The lowest BCUT2D eigenvalue weighted by atomic mass is 9.97. The summed E-state index contributed by atoms with van der Waals surface area (Å²) in [6, 6.07) is 3.99. The Hall–Kier alpha value is -2.64. The number of ether oxygens (including phenoxy) is 2. The number of piperidine rings is 1. The molecule has 1 aromatic carbocycles. The Morgan fingerprint density at radius 2 is 1.92 bits per heavy atom. The zero-order valence-corrected chi connectivity index (χ0v) is 14.6. The number of hydrogen-bond acceptors (Lipinski definition) is 6. The molecule has 25 heavy (non-hydrogen) atoms. The van der Waals surface area contributed by atoms with Gasteiger partial charge < -0.3 is 14.4 Å². The van der Waals surface area contributed by atoms with Crippen molar-refractivity contribution in [3.63, 3.8) is 0 Å². The summed E-state index contributed by atoms with van der Waals surface area (Å²) in [5.74, 6) is -0.985. The Morgan fingerprint density at radius 1 is 1.28 bits per heavy atom. The summed E-state index contributed by atoms with van der Waals surface area (Å²) < 4.78 is 9.94. The number of nitrogens with zero attached hydrogens (tertiary/aromatic N) is 2. The molecule has 0 N–H and O–H groups in total. The monoisotopic (exact) mass is 350 g/mol. The highest BCUT2D eigenvalue weighted by Crippen LogP contribution is 2.28. The fourth-order valence-electron chi connectivity index (χ4n) is 3.16. The van der Waals surface area contributed by atoms with Crippen LogP contribution < -0.4 is 4.74 Å². The van der Waals surface area contributed by atoms with Gasteiger partial charge in [0.05, 0.1) is 17.6 Å². The predicted octanol–water partition coefficient (Wildman–Crippen LogP) is 2.55. The van der Waals surface area contributed by atoms with Crippen LogP contribution in [-0.4, -0.2) is 47.5 Å². The molecule has 1 saturated heterocycles. The fraction of sp³-hybridized carbons (Fsp3) is 0.529. The lowest BCUT2D eigenvalue weighted by Crippen LogP contribution is -2.49. The molecule has 0 bridgehead atoms. The molecule has 0 saturated carbocycles. The fourth-order valence-corrected chi connectivity index (χ4v) is 3.16. The van der Waals surface area contributed by atoms with E-state index in [1.54, 1.807) is 4.90 Å². The summed E-state index contributed by atoms with van der Waals surface area (Å²) >= 11 is 0. The van der Waals surface area contributed by atoms with E-state index in [1.165, 1.54) is 19.2 Å². The van der Waals surface area contributed by atoms with Gasteiger partial charge in [0.2, 0.25) is 0 Å². The minimum atomic E-state index is -0.781. The smallest absolute Gasteiger partial charge is 0.338 e. The number of hydrogen-bond donors (Lipinski definition) is 0. The number of benzene rings is 1. The summed E-state index contributed by atoms with van der Waals surface area (Å²) in [6.45, 7) is 3.57. The number of nitro groups is 1. The second-order valence-electron chi connectivity index (χ2n) is 6.15. The van der Waals surface area contributed by atoms with E-state index in [1.807, 2.05) is 13.8 Å². The molecule has 0 unspecified atom stereocenters. The molecule has 1 aromatic rings. The standard InChI is InChI=1S/C17H22N2O6/c1-11-5-4-6-12(2)18(11)16(20)10-25-17(21)13-7-8-15(24-3)14(9-13)19(22)23/h7-9,11-12H,4-6,10H2,1-3H3/t11-,12-/m1/s1. The van der Waals surface area contributed by atoms with E-state index in [0.29, 0.717) is 0 Å². The van der Waals surface area contributed by atoms with Crippen LogP contribution in [0.1, 0.15) is 43.5 Å². The number of carbonyl (C=O) groups excluding carboxylic acids is 2. The summed E-state index contributed by atoms with van der Waals surface area (Å²) in [4.78, 5) is 36.6. The lowest BCUT2D eigenvalue weighted by molar-refractivity contribution is -0.385. The zero-order chi connectivity index (χ0) is 18.6. The maximum atomic E-state index is 12.4. The first-order valence-electron chi connectivity index (χ1n) is 8.15. The normalized spacial score (nSPS) is 20.0. The van der Waals surface area contributed by atoms with Crippen LogP contribution in [0.25, 0.3) is 0 Å². The van der Waals surface area contributed by atoms with Gasteiger partial charge in [-0.3, -0.25) is 14.9 Å². The van der Waals surface area contributed by atoms with E-state index in [-0.39, 0.29) is 41.6 Å². The molecule has 1 amide bonds. The van der Waals surface area contributed by atoms with Gasteiger partial charge in [0.25, 0.3) is 5.91 Å². The Bertz CT molecular complexity index is 665. The van der Waals surface area contributed by atoms with Crippen molar-refractivity contribution in [3.8, 4) is 5.75 Å². The van der Waals surface area contributed by atoms with Gasteiger partial charge in [-0.25, -0.2) is 4.79 Å². The molecule has 136 valence electrons. The van der Waals surface area contributed by atoms with Gasteiger partial charge in [-0.05, 0) is 45.2 Å². The Kier molecular flexibility index (Phi) is 5.95. The van der Waals surface area contributed by atoms with E-state index in [9.17, 15) is 19.7 Å². The third-order valence-electron chi connectivity index (χ3n) is 4.42. The lowest BCUT2D eigenvalue weighted by Gasteiger charge is -2.38. The summed E-state index contributed by atoms with van der Waals surface area (Å²) in [5, 5.41) is 11.0. The quantitative estimate of drug-likeness (QED) is 0.460. The van der Waals surface area contributed by atoms with Crippen LogP contribution in [0.3, 0.4) is 0 Å². The third-order valence-corrected chi connectivity index (χ3v) is 4.42. The predicted molar refractivity (Wildman–Crippen MR) is 89.6 cm³/mol. The van der Waals surface area contributed by atoms with Gasteiger partial charge in [0, 0.05) is 18.2 Å². The van der Waals surface area contributed by atoms with Crippen LogP contribution in [0.5, 0.6) is 5.75 Å². The van der Waals surface area contributed by atoms with Crippen LogP contribution in [0.2, 0.25) is 0 Å². The highest BCUT2D eigenvalue weighted by atomic mass is 16.6. The Balaban J connectivity index is 2.03. The summed E-state index contributed by atoms with van der Waals surface area (Å²) in [5.41, 5.74) is -0.332. The Morgan fingerprint density at radius 3 is 2.48 bits per heavy atom. The van der Waals surface area contributed by atoms with Gasteiger partial charge in [-0.1, -0.05) is 0 Å². The van der Waals surface area contributed by atoms with Gasteiger partial charge in [-0.2, -0.15) is 0 Å². The Labute approximate surface area is 145 Å². The van der Waals surface area contributed by atoms with Crippen molar-refractivity contribution >= 4 is 17.6 Å². The first-order chi connectivity index (χ1) is 11.8. The molecule has 1 fully saturated rings. The second kappa shape index (κ2) is 7.96. The third kappa shape index (κ3) is 4.26. The van der Waals surface area contributed by atoms with Gasteiger partial charge in [0.15, 0.2) is 12.4 Å². The van der Waals surface area contributed by atoms with Crippen molar-refractivity contribution in [2.24, 2.45) is 0 Å². The topological polar surface area (TPSA) is 99.0 Å². The maximum Gasteiger partial charge on any atom is 0.338 e. The zero-order valence-electron chi connectivity index (χ0n) is 14.6. The highest BCUT2D eigenvalue weighted by Gasteiger charge is 2.29. The van der Waals surface area contributed by atoms with Crippen molar-refractivity contribution in [2.45, 2.75) is 45.2 Å². The van der Waals surface area contributed by atoms with Crippen LogP contribution in [0.15, 0.2) is 18.2 Å². The number of likely N-dealkylation sites (tertiary alicyclic amines) is 1. The number of methoxy groups -OCH3 is 1. The first-order valence-corrected chi connectivity index (χ1v) is 8.15. The molecule has 0 spiro atoms. The van der Waals surface area contributed by atoms with Crippen LogP contribution in [0.4, 0.5) is 5.69 Å². The number of nitro benzene ring substituents is 1. The van der Waals surface area contributed by atoms with E-state index in [0.717, 1.165) is 25.3 Å². The minimum absolute atomic E-state index is 0.0000381. The van der Waals surface area contributed by atoms with E-state index in [2.05, 4.69) is 0 Å². The first kappa shape index (κ1) is 18.7. The van der Waals surface area contributed by atoms with Crippen molar-refractivity contribution in [3.05, 3.63) is 33.9 Å².